The minimum Gasteiger partial charge on any atom is -0.368 e. The van der Waals surface area contributed by atoms with E-state index in [1.807, 2.05) is 0 Å². The van der Waals surface area contributed by atoms with E-state index < -0.39 is 11.9 Å². The average Bonchev–Trinajstić information content (AvgIpc) is 2.03. The number of likely N-dealkylation sites (N-methyl/N-ethyl adjacent to an activating group) is 1. The van der Waals surface area contributed by atoms with E-state index in [1.54, 1.807) is 0 Å². The van der Waals surface area contributed by atoms with Gasteiger partial charge in [0.25, 0.3) is 5.95 Å². The van der Waals surface area contributed by atoms with E-state index in [2.05, 4.69) is 9.97 Å². The van der Waals surface area contributed by atoms with E-state index >= 15 is 0 Å². The fraction of sp³-hybridized carbons (Fsp3) is 0.286. The van der Waals surface area contributed by atoms with Crippen LogP contribution in [0.25, 0.3) is 0 Å². The van der Waals surface area contributed by atoms with Gasteiger partial charge < -0.3 is 10.6 Å². The van der Waals surface area contributed by atoms with Crippen molar-refractivity contribution in [3.8, 4) is 0 Å². The molecule has 0 radical (unpaired) electrons. The van der Waals surface area contributed by atoms with Gasteiger partial charge in [-0.1, -0.05) is 0 Å². The zero-order valence-corrected chi connectivity index (χ0v) is 7.07. The normalized spacial score (nSPS) is 9.69. The Kier molecular flexibility index (Phi) is 2.73. The van der Waals surface area contributed by atoms with Crippen LogP contribution in [-0.4, -0.2) is 29.5 Å². The number of hydrogen-bond acceptors (Lipinski definition) is 4. The third kappa shape index (κ3) is 2.36. The Hall–Kier alpha value is -1.72. The zero-order chi connectivity index (χ0) is 9.84. The molecular weight excluding hydrogens is 175 g/mol. The van der Waals surface area contributed by atoms with Crippen LogP contribution in [0.1, 0.15) is 0 Å². The molecule has 0 aromatic carbocycles. The van der Waals surface area contributed by atoms with Crippen molar-refractivity contribution in [1.82, 2.24) is 9.97 Å². The molecular formula is C7H9FN4O. The molecule has 1 heterocycles. The van der Waals surface area contributed by atoms with E-state index in [1.165, 1.54) is 24.3 Å². The van der Waals surface area contributed by atoms with Crippen molar-refractivity contribution in [2.45, 2.75) is 0 Å². The number of aromatic nitrogens is 2. The van der Waals surface area contributed by atoms with Crippen LogP contribution in [0, 0.1) is 5.95 Å². The number of hydrogen-bond donors (Lipinski definition) is 1. The SMILES string of the molecule is CN(CC(N)=O)c1nccnc1F. The highest BCUT2D eigenvalue weighted by molar-refractivity contribution is 5.78. The molecule has 70 valence electrons. The first kappa shape index (κ1) is 9.37. The summed E-state index contributed by atoms with van der Waals surface area (Å²) in [7, 11) is 1.51. The minimum atomic E-state index is -0.716. The number of halogens is 1. The van der Waals surface area contributed by atoms with E-state index in [-0.39, 0.29) is 12.4 Å². The molecule has 5 nitrogen and oxygen atoms in total. The molecule has 0 unspecified atom stereocenters. The number of carbonyl (C=O) groups excluding carboxylic acids is 1. The van der Waals surface area contributed by atoms with Gasteiger partial charge in [-0.3, -0.25) is 4.79 Å². The van der Waals surface area contributed by atoms with Gasteiger partial charge in [-0.05, 0) is 0 Å². The number of primary amides is 1. The van der Waals surface area contributed by atoms with E-state index in [9.17, 15) is 9.18 Å². The van der Waals surface area contributed by atoms with Gasteiger partial charge in [-0.25, -0.2) is 9.97 Å². The van der Waals surface area contributed by atoms with Crippen LogP contribution in [0.4, 0.5) is 10.2 Å². The van der Waals surface area contributed by atoms with Gasteiger partial charge in [0.2, 0.25) is 5.91 Å². The summed E-state index contributed by atoms with van der Waals surface area (Å²) >= 11 is 0. The Morgan fingerprint density at radius 2 is 2.23 bits per heavy atom. The van der Waals surface area contributed by atoms with Gasteiger partial charge in [0.1, 0.15) is 0 Å². The minimum absolute atomic E-state index is 0.0151. The maximum absolute atomic E-state index is 12.9. The van der Waals surface area contributed by atoms with Gasteiger partial charge in [-0.15, -0.1) is 0 Å². The van der Waals surface area contributed by atoms with Crippen LogP contribution in [0.5, 0.6) is 0 Å². The van der Waals surface area contributed by atoms with E-state index in [0.717, 1.165) is 0 Å². The summed E-state index contributed by atoms with van der Waals surface area (Å²) in [6.07, 6.45) is 2.58. The van der Waals surface area contributed by atoms with Crippen LogP contribution < -0.4 is 10.6 Å². The van der Waals surface area contributed by atoms with Crippen molar-refractivity contribution in [2.24, 2.45) is 5.73 Å². The first-order valence-electron chi connectivity index (χ1n) is 3.57. The number of nitrogens with two attached hydrogens (primary N) is 1. The van der Waals surface area contributed by atoms with Crippen molar-refractivity contribution < 1.29 is 9.18 Å². The van der Waals surface area contributed by atoms with E-state index in [4.69, 9.17) is 5.73 Å². The van der Waals surface area contributed by atoms with Gasteiger partial charge >= 0.3 is 0 Å². The Bertz CT molecular complexity index is 317. The van der Waals surface area contributed by atoms with Gasteiger partial charge in [-0.2, -0.15) is 4.39 Å². The fourth-order valence-corrected chi connectivity index (χ4v) is 0.878. The number of amides is 1. The molecule has 0 bridgehead atoms. The molecule has 0 spiro atoms. The highest BCUT2D eigenvalue weighted by Crippen LogP contribution is 2.09. The largest absolute Gasteiger partial charge is 0.368 e. The summed E-state index contributed by atoms with van der Waals surface area (Å²) in [5, 5.41) is 0. The van der Waals surface area contributed by atoms with Crippen LogP contribution >= 0.6 is 0 Å². The molecule has 0 saturated heterocycles. The molecule has 0 aliphatic heterocycles. The maximum atomic E-state index is 12.9. The molecule has 1 rings (SSSR count). The van der Waals surface area contributed by atoms with Crippen LogP contribution in [0.2, 0.25) is 0 Å². The lowest BCUT2D eigenvalue weighted by atomic mass is 10.5. The second-order valence-corrected chi connectivity index (χ2v) is 2.49. The number of anilines is 1. The van der Waals surface area contributed by atoms with Crippen LogP contribution in [0.15, 0.2) is 12.4 Å². The Morgan fingerprint density at radius 3 is 2.77 bits per heavy atom. The topological polar surface area (TPSA) is 72.1 Å². The first-order valence-corrected chi connectivity index (χ1v) is 3.57. The van der Waals surface area contributed by atoms with Crippen molar-refractivity contribution in [3.05, 3.63) is 18.3 Å². The highest BCUT2D eigenvalue weighted by atomic mass is 19.1. The average molecular weight is 184 g/mol. The summed E-state index contributed by atoms with van der Waals surface area (Å²) in [4.78, 5) is 18.9. The summed E-state index contributed by atoms with van der Waals surface area (Å²) < 4.78 is 12.9. The third-order valence-corrected chi connectivity index (χ3v) is 1.39. The standard InChI is InChI=1S/C7H9FN4O/c1-12(4-5(9)13)7-6(8)10-2-3-11-7/h2-3H,4H2,1H3,(H2,9,13). The monoisotopic (exact) mass is 184 g/mol. The fourth-order valence-electron chi connectivity index (χ4n) is 0.878. The van der Waals surface area contributed by atoms with E-state index in [0.29, 0.717) is 0 Å². The van der Waals surface area contributed by atoms with Crippen molar-refractivity contribution in [2.75, 3.05) is 18.5 Å². The number of rotatable bonds is 3. The lowest BCUT2D eigenvalue weighted by Crippen LogP contribution is -2.31. The van der Waals surface area contributed by atoms with Gasteiger partial charge in [0, 0.05) is 19.4 Å². The smallest absolute Gasteiger partial charge is 0.255 e. The molecule has 1 aromatic heterocycles. The van der Waals surface area contributed by atoms with Crippen molar-refractivity contribution >= 4 is 11.7 Å². The van der Waals surface area contributed by atoms with Crippen molar-refractivity contribution in [1.29, 1.82) is 0 Å². The summed E-state index contributed by atoms with van der Waals surface area (Å²) in [5.74, 6) is -1.25. The third-order valence-electron chi connectivity index (χ3n) is 1.39. The lowest BCUT2D eigenvalue weighted by Gasteiger charge is -2.15. The Morgan fingerprint density at radius 1 is 1.62 bits per heavy atom. The number of carbonyl (C=O) groups is 1. The molecule has 0 aliphatic rings. The highest BCUT2D eigenvalue weighted by Gasteiger charge is 2.10. The molecule has 1 aromatic rings. The molecule has 1 amide bonds. The summed E-state index contributed by atoms with van der Waals surface area (Å²) in [6.45, 7) is -0.0877. The Balaban J connectivity index is 2.82. The summed E-state index contributed by atoms with van der Waals surface area (Å²) in [6, 6.07) is 0. The number of nitrogens with zero attached hydrogens (tertiary/aromatic N) is 3. The molecule has 0 saturated carbocycles. The molecule has 0 atom stereocenters. The van der Waals surface area contributed by atoms with Crippen LogP contribution in [0.3, 0.4) is 0 Å². The van der Waals surface area contributed by atoms with Gasteiger partial charge in [0.05, 0.1) is 6.54 Å². The predicted octanol–water partition coefficient (Wildman–Crippen LogP) is -0.463. The van der Waals surface area contributed by atoms with Crippen molar-refractivity contribution in [3.63, 3.8) is 0 Å². The van der Waals surface area contributed by atoms with Crippen LogP contribution in [-0.2, 0) is 4.79 Å². The molecule has 0 aliphatic carbocycles. The maximum Gasteiger partial charge on any atom is 0.255 e. The predicted molar refractivity (Wildman–Crippen MR) is 44.5 cm³/mol. The lowest BCUT2D eigenvalue weighted by molar-refractivity contribution is -0.116. The molecule has 2 N–H and O–H groups in total. The second-order valence-electron chi connectivity index (χ2n) is 2.49. The Labute approximate surface area is 74.4 Å². The first-order chi connectivity index (χ1) is 6.11. The quantitative estimate of drug-likeness (QED) is 0.689. The molecule has 0 fully saturated rings. The zero-order valence-electron chi connectivity index (χ0n) is 7.07. The molecule has 6 heteroatoms. The summed E-state index contributed by atoms with van der Waals surface area (Å²) in [5.41, 5.74) is 4.93. The van der Waals surface area contributed by atoms with Gasteiger partial charge in [0.15, 0.2) is 5.82 Å². The molecule has 13 heavy (non-hydrogen) atoms. The second kappa shape index (κ2) is 3.79.